The molecule has 0 atom stereocenters. The number of anilines is 1. The highest BCUT2D eigenvalue weighted by molar-refractivity contribution is 7.99. The number of para-hydroxylation sites is 1. The fourth-order valence-corrected chi connectivity index (χ4v) is 3.71. The van der Waals surface area contributed by atoms with Crippen molar-refractivity contribution in [1.82, 2.24) is 15.2 Å². The molecule has 126 valence electrons. The van der Waals surface area contributed by atoms with E-state index in [9.17, 15) is 4.79 Å². The SMILES string of the molecule is O=C(CSc1n[nH]c(-c2ccccc2)n1)N1CCCc2ccccc21. The van der Waals surface area contributed by atoms with Crippen LogP contribution < -0.4 is 4.90 Å². The molecule has 0 saturated heterocycles. The van der Waals surface area contributed by atoms with Gasteiger partial charge in [0, 0.05) is 17.8 Å². The summed E-state index contributed by atoms with van der Waals surface area (Å²) in [4.78, 5) is 19.0. The summed E-state index contributed by atoms with van der Waals surface area (Å²) in [7, 11) is 0. The van der Waals surface area contributed by atoms with Gasteiger partial charge in [0.15, 0.2) is 5.82 Å². The Morgan fingerprint density at radius 3 is 2.80 bits per heavy atom. The summed E-state index contributed by atoms with van der Waals surface area (Å²) in [6, 6.07) is 18.0. The molecule has 0 unspecified atom stereocenters. The number of thioether (sulfide) groups is 1. The van der Waals surface area contributed by atoms with E-state index in [1.165, 1.54) is 17.3 Å². The lowest BCUT2D eigenvalue weighted by atomic mass is 10.0. The van der Waals surface area contributed by atoms with Gasteiger partial charge < -0.3 is 4.90 Å². The van der Waals surface area contributed by atoms with Gasteiger partial charge in [-0.3, -0.25) is 9.89 Å². The van der Waals surface area contributed by atoms with Gasteiger partial charge in [-0.2, -0.15) is 0 Å². The Morgan fingerprint density at radius 2 is 1.92 bits per heavy atom. The zero-order valence-corrected chi connectivity index (χ0v) is 14.5. The van der Waals surface area contributed by atoms with Crippen LogP contribution in [0, 0.1) is 0 Å². The van der Waals surface area contributed by atoms with Crippen LogP contribution in [-0.4, -0.2) is 33.4 Å². The molecule has 1 N–H and O–H groups in total. The maximum absolute atomic E-state index is 12.7. The van der Waals surface area contributed by atoms with Gasteiger partial charge in [0.2, 0.25) is 11.1 Å². The monoisotopic (exact) mass is 350 g/mol. The second kappa shape index (κ2) is 7.11. The molecule has 1 aromatic heterocycles. The molecule has 1 aliphatic heterocycles. The molecule has 0 spiro atoms. The van der Waals surface area contributed by atoms with Crippen LogP contribution in [-0.2, 0) is 11.2 Å². The van der Waals surface area contributed by atoms with Crippen molar-refractivity contribution in [3.8, 4) is 11.4 Å². The molecule has 3 aromatic rings. The standard InChI is InChI=1S/C19H18N4OS/c24-17(23-12-6-10-14-7-4-5-11-16(14)23)13-25-19-20-18(21-22-19)15-8-2-1-3-9-15/h1-5,7-9,11H,6,10,12-13H2,(H,20,21,22). The predicted octanol–water partition coefficient (Wildman–Crippen LogP) is 3.54. The number of fused-ring (bicyclic) bond motifs is 1. The number of aromatic amines is 1. The molecule has 0 fully saturated rings. The quantitative estimate of drug-likeness (QED) is 0.731. The second-order valence-electron chi connectivity index (χ2n) is 5.90. The minimum absolute atomic E-state index is 0.100. The Bertz CT molecular complexity index is 878. The van der Waals surface area contributed by atoms with Crippen molar-refractivity contribution in [2.24, 2.45) is 0 Å². The van der Waals surface area contributed by atoms with Gasteiger partial charge in [-0.25, -0.2) is 4.98 Å². The third kappa shape index (κ3) is 3.44. The first-order chi connectivity index (χ1) is 12.3. The Labute approximate surface area is 150 Å². The molecule has 5 nitrogen and oxygen atoms in total. The number of rotatable bonds is 4. The third-order valence-corrected chi connectivity index (χ3v) is 5.08. The average Bonchev–Trinajstić information content (AvgIpc) is 3.15. The van der Waals surface area contributed by atoms with Gasteiger partial charge in [-0.1, -0.05) is 60.3 Å². The van der Waals surface area contributed by atoms with Crippen molar-refractivity contribution in [2.75, 3.05) is 17.2 Å². The molecule has 2 aromatic carbocycles. The summed E-state index contributed by atoms with van der Waals surface area (Å²) in [6.45, 7) is 0.777. The van der Waals surface area contributed by atoms with Gasteiger partial charge in [0.1, 0.15) is 0 Å². The Balaban J connectivity index is 1.42. The maximum Gasteiger partial charge on any atom is 0.237 e. The third-order valence-electron chi connectivity index (χ3n) is 4.25. The molecule has 0 saturated carbocycles. The molecule has 0 aliphatic carbocycles. The van der Waals surface area contributed by atoms with E-state index < -0.39 is 0 Å². The summed E-state index contributed by atoms with van der Waals surface area (Å²) in [5.41, 5.74) is 3.27. The lowest BCUT2D eigenvalue weighted by Gasteiger charge is -2.29. The van der Waals surface area contributed by atoms with Crippen LogP contribution in [0.2, 0.25) is 0 Å². The van der Waals surface area contributed by atoms with Crippen molar-refractivity contribution >= 4 is 23.4 Å². The minimum Gasteiger partial charge on any atom is -0.311 e. The fraction of sp³-hybridized carbons (Fsp3) is 0.211. The highest BCUT2D eigenvalue weighted by atomic mass is 32.2. The van der Waals surface area contributed by atoms with E-state index in [4.69, 9.17) is 0 Å². The van der Waals surface area contributed by atoms with Crippen LogP contribution in [0.1, 0.15) is 12.0 Å². The molecule has 2 heterocycles. The Kier molecular flexibility index (Phi) is 4.52. The number of hydrogen-bond donors (Lipinski definition) is 1. The lowest BCUT2D eigenvalue weighted by molar-refractivity contribution is -0.116. The number of amides is 1. The number of carbonyl (C=O) groups excluding carboxylic acids is 1. The van der Waals surface area contributed by atoms with E-state index in [1.807, 2.05) is 53.4 Å². The number of nitrogens with zero attached hydrogens (tertiary/aromatic N) is 3. The largest absolute Gasteiger partial charge is 0.311 e. The van der Waals surface area contributed by atoms with Gasteiger partial charge in [0.05, 0.1) is 5.75 Å². The van der Waals surface area contributed by atoms with Gasteiger partial charge in [0.25, 0.3) is 0 Å². The highest BCUT2D eigenvalue weighted by Gasteiger charge is 2.22. The zero-order valence-electron chi connectivity index (χ0n) is 13.7. The van der Waals surface area contributed by atoms with Gasteiger partial charge in [-0.05, 0) is 24.5 Å². The van der Waals surface area contributed by atoms with Crippen LogP contribution in [0.15, 0.2) is 59.8 Å². The van der Waals surface area contributed by atoms with Crippen LogP contribution in [0.25, 0.3) is 11.4 Å². The number of H-pyrrole nitrogens is 1. The summed E-state index contributed by atoms with van der Waals surface area (Å²) in [5.74, 6) is 1.16. The van der Waals surface area contributed by atoms with Crippen LogP contribution in [0.5, 0.6) is 0 Å². The van der Waals surface area contributed by atoms with Gasteiger partial charge in [-0.15, -0.1) is 5.10 Å². The van der Waals surface area contributed by atoms with E-state index in [-0.39, 0.29) is 5.91 Å². The van der Waals surface area contributed by atoms with Crippen molar-refractivity contribution < 1.29 is 4.79 Å². The average molecular weight is 350 g/mol. The summed E-state index contributed by atoms with van der Waals surface area (Å²) in [5, 5.41) is 7.74. The van der Waals surface area contributed by atoms with Crippen LogP contribution in [0.3, 0.4) is 0 Å². The first-order valence-electron chi connectivity index (χ1n) is 8.30. The van der Waals surface area contributed by atoms with Crippen molar-refractivity contribution in [3.63, 3.8) is 0 Å². The number of aryl methyl sites for hydroxylation is 1. The Hall–Kier alpha value is -2.60. The second-order valence-corrected chi connectivity index (χ2v) is 6.84. The zero-order chi connectivity index (χ0) is 17.1. The molecular formula is C19H18N4OS. The molecule has 25 heavy (non-hydrogen) atoms. The number of aromatic nitrogens is 3. The summed E-state index contributed by atoms with van der Waals surface area (Å²) in [6.07, 6.45) is 2.04. The number of benzene rings is 2. The van der Waals surface area contributed by atoms with E-state index in [0.717, 1.165) is 36.5 Å². The van der Waals surface area contributed by atoms with Crippen molar-refractivity contribution in [2.45, 2.75) is 18.0 Å². The Morgan fingerprint density at radius 1 is 1.12 bits per heavy atom. The molecule has 4 rings (SSSR count). The molecule has 1 amide bonds. The van der Waals surface area contributed by atoms with E-state index in [1.54, 1.807) is 0 Å². The minimum atomic E-state index is 0.100. The number of nitrogens with one attached hydrogen (secondary N) is 1. The molecule has 0 radical (unpaired) electrons. The topological polar surface area (TPSA) is 61.9 Å². The maximum atomic E-state index is 12.7. The van der Waals surface area contributed by atoms with E-state index in [0.29, 0.717) is 10.9 Å². The molecular weight excluding hydrogens is 332 g/mol. The van der Waals surface area contributed by atoms with Crippen LogP contribution in [0.4, 0.5) is 5.69 Å². The van der Waals surface area contributed by atoms with Crippen molar-refractivity contribution in [3.05, 3.63) is 60.2 Å². The van der Waals surface area contributed by atoms with E-state index >= 15 is 0 Å². The van der Waals surface area contributed by atoms with E-state index in [2.05, 4.69) is 21.2 Å². The predicted molar refractivity (Wildman–Crippen MR) is 99.7 cm³/mol. The summed E-state index contributed by atoms with van der Waals surface area (Å²) >= 11 is 1.37. The smallest absolute Gasteiger partial charge is 0.237 e. The van der Waals surface area contributed by atoms with Crippen molar-refractivity contribution in [1.29, 1.82) is 0 Å². The molecule has 0 bridgehead atoms. The van der Waals surface area contributed by atoms with Crippen LogP contribution >= 0.6 is 11.8 Å². The summed E-state index contributed by atoms with van der Waals surface area (Å²) < 4.78 is 0. The number of hydrogen-bond acceptors (Lipinski definition) is 4. The lowest BCUT2D eigenvalue weighted by Crippen LogP contribution is -2.36. The normalized spacial score (nSPS) is 13.5. The first kappa shape index (κ1) is 15.9. The number of carbonyl (C=O) groups is 1. The molecule has 6 heteroatoms. The molecule has 1 aliphatic rings. The van der Waals surface area contributed by atoms with Gasteiger partial charge >= 0.3 is 0 Å². The highest BCUT2D eigenvalue weighted by Crippen LogP contribution is 2.28. The fourth-order valence-electron chi connectivity index (χ4n) is 3.03. The first-order valence-corrected chi connectivity index (χ1v) is 9.29.